The van der Waals surface area contributed by atoms with Gasteiger partial charge in [-0.2, -0.15) is 0 Å². The Balaban J connectivity index is 0.00000212. The zero-order chi connectivity index (χ0) is 28.3. The molecule has 2 aromatic heterocycles. The molecule has 2 aliphatic rings. The first-order chi connectivity index (χ1) is 19.9. The number of nitrogens with one attached hydrogen (secondary N) is 2. The summed E-state index contributed by atoms with van der Waals surface area (Å²) in [5.74, 6) is -0.618. The fourth-order valence-corrected chi connectivity index (χ4v) is 5.72. The number of amides is 1. The summed E-state index contributed by atoms with van der Waals surface area (Å²) in [6.45, 7) is 5.76. The van der Waals surface area contributed by atoms with E-state index in [1.807, 2.05) is 6.07 Å². The third-order valence-electron chi connectivity index (χ3n) is 8.05. The third-order valence-corrected chi connectivity index (χ3v) is 8.05. The molecule has 2 saturated heterocycles. The van der Waals surface area contributed by atoms with Gasteiger partial charge in [0.1, 0.15) is 29.6 Å². The fourth-order valence-electron chi connectivity index (χ4n) is 5.72. The van der Waals surface area contributed by atoms with E-state index in [4.69, 9.17) is 13.9 Å². The predicted octanol–water partition coefficient (Wildman–Crippen LogP) is 5.62. The van der Waals surface area contributed by atoms with Crippen molar-refractivity contribution in [3.05, 3.63) is 59.9 Å². The minimum atomic E-state index is -0.710. The summed E-state index contributed by atoms with van der Waals surface area (Å²) >= 11 is 0. The van der Waals surface area contributed by atoms with Crippen molar-refractivity contribution in [2.75, 3.05) is 39.3 Å². The van der Waals surface area contributed by atoms with Gasteiger partial charge >= 0.3 is 6.09 Å². The number of aromatic nitrogens is 1. The average molecular weight is 642 g/mol. The van der Waals surface area contributed by atoms with E-state index in [0.717, 1.165) is 77.1 Å². The van der Waals surface area contributed by atoms with Crippen molar-refractivity contribution >= 4 is 52.8 Å². The van der Waals surface area contributed by atoms with E-state index >= 15 is 0 Å². The second-order valence-electron chi connectivity index (χ2n) is 10.9. The van der Waals surface area contributed by atoms with Crippen molar-refractivity contribution < 1.29 is 32.6 Å². The molecule has 43 heavy (non-hydrogen) atoms. The SMILES string of the molecule is Cl.Cl.O=C(NC1CCN(CCN2CCC(O)CC2)CC1)Oc1cc2c(OCc3coc4cc(F)cc(F)c34)cccc2[nH]1. The molecule has 2 aliphatic heterocycles. The van der Waals surface area contributed by atoms with Crippen molar-refractivity contribution in [3.8, 4) is 11.6 Å². The van der Waals surface area contributed by atoms with Crippen LogP contribution in [0.25, 0.3) is 21.9 Å². The molecule has 2 fully saturated rings. The standard InChI is InChI=1S/C30H34F2N4O5.2ClH/c31-20-14-24(32)29-19(18-40-27(29)15-20)17-39-26-3-1-2-25-23(26)16-28(34-25)41-30(38)33-21-4-8-35(9-5-21)12-13-36-10-6-22(37)7-11-36;;/h1-3,14-16,18,21-22,34,37H,4-13,17H2,(H,33,38);2*1H. The summed E-state index contributed by atoms with van der Waals surface area (Å²) in [6.07, 6.45) is 4.11. The van der Waals surface area contributed by atoms with Gasteiger partial charge in [-0.05, 0) is 37.8 Å². The largest absolute Gasteiger partial charge is 0.488 e. The number of halogens is 4. The smallest absolute Gasteiger partial charge is 0.414 e. The van der Waals surface area contributed by atoms with E-state index < -0.39 is 17.7 Å². The van der Waals surface area contributed by atoms with E-state index in [0.29, 0.717) is 22.2 Å². The van der Waals surface area contributed by atoms with Crippen LogP contribution < -0.4 is 14.8 Å². The number of aliphatic hydroxyl groups is 1. The highest BCUT2D eigenvalue weighted by molar-refractivity contribution is 5.88. The Morgan fingerprint density at radius 2 is 1.72 bits per heavy atom. The minimum Gasteiger partial charge on any atom is -0.488 e. The van der Waals surface area contributed by atoms with E-state index in [-0.39, 0.29) is 60.4 Å². The Kier molecular flexibility index (Phi) is 11.1. The molecule has 0 spiro atoms. The highest BCUT2D eigenvalue weighted by Crippen LogP contribution is 2.32. The van der Waals surface area contributed by atoms with Crippen LogP contribution in [0.4, 0.5) is 13.6 Å². The normalized spacial score (nSPS) is 17.0. The number of carbonyl (C=O) groups is 1. The maximum atomic E-state index is 14.3. The molecule has 0 bridgehead atoms. The fraction of sp³-hybridized carbons (Fsp3) is 0.433. The molecule has 3 N–H and O–H groups in total. The zero-order valence-electron chi connectivity index (χ0n) is 23.5. The molecule has 0 aliphatic carbocycles. The van der Waals surface area contributed by atoms with E-state index in [1.54, 1.807) is 18.2 Å². The first-order valence-corrected chi connectivity index (χ1v) is 14.1. The quantitative estimate of drug-likeness (QED) is 0.230. The molecule has 0 atom stereocenters. The second-order valence-corrected chi connectivity index (χ2v) is 10.9. The number of benzene rings is 2. The number of furan rings is 1. The van der Waals surface area contributed by atoms with Crippen LogP contribution in [0, 0.1) is 11.6 Å². The van der Waals surface area contributed by atoms with Crippen LogP contribution >= 0.6 is 24.8 Å². The molecule has 0 saturated carbocycles. The molecule has 4 aromatic rings. The van der Waals surface area contributed by atoms with Crippen LogP contribution in [-0.4, -0.2) is 77.4 Å². The van der Waals surface area contributed by atoms with Gasteiger partial charge in [-0.3, -0.25) is 0 Å². The van der Waals surface area contributed by atoms with Gasteiger partial charge in [0.15, 0.2) is 0 Å². The summed E-state index contributed by atoms with van der Waals surface area (Å²) in [6, 6.07) is 9.09. The number of aromatic amines is 1. The number of rotatable bonds is 8. The summed E-state index contributed by atoms with van der Waals surface area (Å²) in [5.41, 5.74) is 1.29. The van der Waals surface area contributed by atoms with Crippen LogP contribution in [0.15, 0.2) is 47.1 Å². The minimum absolute atomic E-state index is 0. The molecule has 4 heterocycles. The lowest BCUT2D eigenvalue weighted by Crippen LogP contribution is -2.47. The van der Waals surface area contributed by atoms with Crippen LogP contribution in [0.3, 0.4) is 0 Å². The number of likely N-dealkylation sites (tertiary alicyclic amines) is 2. The Morgan fingerprint density at radius 3 is 2.44 bits per heavy atom. The van der Waals surface area contributed by atoms with Crippen LogP contribution in [0.5, 0.6) is 11.6 Å². The molecule has 6 rings (SSSR count). The Labute approximate surface area is 260 Å². The van der Waals surface area contributed by atoms with Crippen LogP contribution in [-0.2, 0) is 6.61 Å². The van der Waals surface area contributed by atoms with Crippen molar-refractivity contribution in [1.82, 2.24) is 20.1 Å². The highest BCUT2D eigenvalue weighted by Gasteiger charge is 2.23. The summed E-state index contributed by atoms with van der Waals surface area (Å²) in [7, 11) is 0. The Bertz CT molecular complexity index is 1520. The lowest BCUT2D eigenvalue weighted by Gasteiger charge is -2.35. The average Bonchev–Trinajstić information content (AvgIpc) is 3.56. The predicted molar refractivity (Wildman–Crippen MR) is 164 cm³/mol. The van der Waals surface area contributed by atoms with Crippen molar-refractivity contribution in [1.29, 1.82) is 0 Å². The number of ether oxygens (including phenoxy) is 2. The van der Waals surface area contributed by atoms with Crippen LogP contribution in [0.2, 0.25) is 0 Å². The van der Waals surface area contributed by atoms with Gasteiger partial charge in [0.2, 0.25) is 5.88 Å². The number of H-pyrrole nitrogens is 1. The van der Waals surface area contributed by atoms with Gasteiger partial charge < -0.3 is 39.1 Å². The molecule has 2 aromatic carbocycles. The number of piperidine rings is 2. The molecule has 9 nitrogen and oxygen atoms in total. The Hall–Kier alpha value is -3.09. The van der Waals surface area contributed by atoms with Gasteiger partial charge in [-0.15, -0.1) is 24.8 Å². The Morgan fingerprint density at radius 1 is 1.02 bits per heavy atom. The monoisotopic (exact) mass is 640 g/mol. The van der Waals surface area contributed by atoms with Crippen molar-refractivity contribution in [3.63, 3.8) is 0 Å². The van der Waals surface area contributed by atoms with E-state index in [9.17, 15) is 18.7 Å². The van der Waals surface area contributed by atoms with Gasteiger partial charge in [-0.1, -0.05) is 6.07 Å². The summed E-state index contributed by atoms with van der Waals surface area (Å²) < 4.78 is 44.6. The van der Waals surface area contributed by atoms with Gasteiger partial charge in [0.25, 0.3) is 0 Å². The van der Waals surface area contributed by atoms with Crippen molar-refractivity contribution in [2.24, 2.45) is 0 Å². The number of hydrogen-bond donors (Lipinski definition) is 3. The highest BCUT2D eigenvalue weighted by atomic mass is 35.5. The maximum Gasteiger partial charge on any atom is 0.414 e. The first-order valence-electron chi connectivity index (χ1n) is 14.1. The van der Waals surface area contributed by atoms with Gasteiger partial charge in [-0.25, -0.2) is 13.6 Å². The summed E-state index contributed by atoms with van der Waals surface area (Å²) in [5, 5.41) is 13.5. The number of hydrogen-bond acceptors (Lipinski definition) is 7. The topological polar surface area (TPSA) is 103 Å². The lowest BCUT2D eigenvalue weighted by atomic mass is 10.1. The molecular formula is C30H36Cl2F2N4O5. The molecule has 234 valence electrons. The number of nitrogens with zero attached hydrogens (tertiary/aromatic N) is 2. The molecular weight excluding hydrogens is 605 g/mol. The number of aliphatic hydroxyl groups excluding tert-OH is 1. The number of carbonyl (C=O) groups excluding carboxylic acids is 1. The lowest BCUT2D eigenvalue weighted by molar-refractivity contribution is 0.0739. The maximum absolute atomic E-state index is 14.3. The first kappa shape index (κ1) is 32.8. The molecule has 0 unspecified atom stereocenters. The van der Waals surface area contributed by atoms with Gasteiger partial charge in [0.05, 0.1) is 23.3 Å². The second kappa shape index (κ2) is 14.6. The number of fused-ring (bicyclic) bond motifs is 2. The van der Waals surface area contributed by atoms with E-state index in [2.05, 4.69) is 20.1 Å². The van der Waals surface area contributed by atoms with Crippen LogP contribution in [0.1, 0.15) is 31.2 Å². The van der Waals surface area contributed by atoms with Gasteiger partial charge in [0, 0.05) is 74.5 Å². The van der Waals surface area contributed by atoms with E-state index in [1.165, 1.54) is 6.26 Å². The summed E-state index contributed by atoms with van der Waals surface area (Å²) in [4.78, 5) is 20.6. The molecule has 13 heteroatoms. The molecule has 0 radical (unpaired) electrons. The molecule has 1 amide bonds. The van der Waals surface area contributed by atoms with Crippen molar-refractivity contribution in [2.45, 2.75) is 44.4 Å². The third kappa shape index (κ3) is 7.90. The zero-order valence-corrected chi connectivity index (χ0v) is 25.2.